The van der Waals surface area contributed by atoms with Crippen molar-refractivity contribution in [3.05, 3.63) is 52.5 Å². The van der Waals surface area contributed by atoms with Gasteiger partial charge in [0.2, 0.25) is 5.91 Å². The van der Waals surface area contributed by atoms with Crippen LogP contribution < -0.4 is 10.6 Å². The predicted octanol–water partition coefficient (Wildman–Crippen LogP) is 4.01. The van der Waals surface area contributed by atoms with Gasteiger partial charge in [-0.25, -0.2) is 4.79 Å². The number of aromatic carboxylic acids is 1. The molecule has 8 heteroatoms. The number of hydrogen-bond donors (Lipinski definition) is 3. The molecule has 136 valence electrons. The maximum absolute atomic E-state index is 12.2. The van der Waals surface area contributed by atoms with Gasteiger partial charge in [0.05, 0.1) is 22.8 Å². The molecule has 0 atom stereocenters. The van der Waals surface area contributed by atoms with Crippen LogP contribution in [0.3, 0.4) is 0 Å². The summed E-state index contributed by atoms with van der Waals surface area (Å²) in [5.41, 5.74) is 1.08. The van der Waals surface area contributed by atoms with E-state index < -0.39 is 11.9 Å². The molecule has 0 saturated carbocycles. The molecule has 0 spiro atoms. The minimum Gasteiger partial charge on any atom is -0.478 e. The highest BCUT2D eigenvalue weighted by Gasteiger charge is 2.14. The number of carbonyl (C=O) groups excluding carboxylic acids is 2. The van der Waals surface area contributed by atoms with Crippen LogP contribution in [0.25, 0.3) is 0 Å². The Morgan fingerprint density at radius 3 is 2.42 bits per heavy atom. The Morgan fingerprint density at radius 2 is 1.81 bits per heavy atom. The second kappa shape index (κ2) is 8.73. The molecule has 0 aliphatic rings. The maximum atomic E-state index is 12.2. The number of Topliss-reactive ketones (excluding diaryl/α,β-unsaturated/α-hetero) is 1. The number of benzene rings is 2. The van der Waals surface area contributed by atoms with Gasteiger partial charge in [-0.05, 0) is 37.4 Å². The van der Waals surface area contributed by atoms with Crippen molar-refractivity contribution in [2.24, 2.45) is 0 Å². The largest absolute Gasteiger partial charge is 0.478 e. The van der Waals surface area contributed by atoms with E-state index in [4.69, 9.17) is 16.7 Å². The molecule has 6 nitrogen and oxygen atoms in total. The van der Waals surface area contributed by atoms with Gasteiger partial charge in [0.15, 0.2) is 5.78 Å². The highest BCUT2D eigenvalue weighted by atomic mass is 35.5. The van der Waals surface area contributed by atoms with Gasteiger partial charge in [0, 0.05) is 16.1 Å². The van der Waals surface area contributed by atoms with Gasteiger partial charge in [-0.15, -0.1) is 11.8 Å². The van der Waals surface area contributed by atoms with Crippen molar-refractivity contribution in [1.82, 2.24) is 0 Å². The average Bonchev–Trinajstić information content (AvgIpc) is 2.60. The zero-order valence-electron chi connectivity index (χ0n) is 14.1. The molecule has 0 aromatic heterocycles. The molecule has 1 amide bonds. The summed E-state index contributed by atoms with van der Waals surface area (Å²) in [7, 11) is 0. The molecule has 0 bridgehead atoms. The molecule has 2 rings (SSSR count). The topological polar surface area (TPSA) is 95.5 Å². The van der Waals surface area contributed by atoms with E-state index in [-0.39, 0.29) is 23.6 Å². The van der Waals surface area contributed by atoms with Crippen LogP contribution >= 0.6 is 23.4 Å². The van der Waals surface area contributed by atoms with Gasteiger partial charge in [-0.3, -0.25) is 9.59 Å². The van der Waals surface area contributed by atoms with Gasteiger partial charge in [0.25, 0.3) is 0 Å². The van der Waals surface area contributed by atoms with Crippen molar-refractivity contribution in [3.63, 3.8) is 0 Å². The molecule has 0 radical (unpaired) electrons. The van der Waals surface area contributed by atoms with Gasteiger partial charge < -0.3 is 15.7 Å². The number of halogens is 1. The second-order valence-electron chi connectivity index (χ2n) is 5.34. The van der Waals surface area contributed by atoms with Crippen LogP contribution in [0.4, 0.5) is 11.4 Å². The third kappa shape index (κ3) is 4.77. The zero-order chi connectivity index (χ0) is 19.3. The Morgan fingerprint density at radius 1 is 1.12 bits per heavy atom. The van der Waals surface area contributed by atoms with Crippen LogP contribution in [0.15, 0.2) is 41.3 Å². The average molecular weight is 393 g/mol. The zero-order valence-corrected chi connectivity index (χ0v) is 15.7. The normalized spacial score (nSPS) is 10.3. The van der Waals surface area contributed by atoms with E-state index in [1.54, 1.807) is 24.3 Å². The number of hydrogen-bond acceptors (Lipinski definition) is 5. The number of para-hydroxylation sites is 1. The number of ketones is 1. The molecule has 0 heterocycles. The number of thioether (sulfide) groups is 1. The van der Waals surface area contributed by atoms with E-state index in [9.17, 15) is 14.4 Å². The van der Waals surface area contributed by atoms with Crippen molar-refractivity contribution < 1.29 is 19.5 Å². The minimum absolute atomic E-state index is 0.00133. The molecular formula is C18H17ClN2O4S. The van der Waals surface area contributed by atoms with E-state index in [1.165, 1.54) is 30.8 Å². The number of carboxylic acid groups (broad SMARTS) is 1. The van der Waals surface area contributed by atoms with Crippen molar-refractivity contribution >= 4 is 52.4 Å². The second-order valence-corrected chi connectivity index (χ2v) is 6.60. The first-order valence-electron chi connectivity index (χ1n) is 7.58. The van der Waals surface area contributed by atoms with E-state index in [2.05, 4.69) is 10.6 Å². The Labute approximate surface area is 159 Å². The summed E-state index contributed by atoms with van der Waals surface area (Å²) in [4.78, 5) is 35.9. The highest BCUT2D eigenvalue weighted by Crippen LogP contribution is 2.31. The first-order chi connectivity index (χ1) is 12.3. The molecule has 0 aliphatic carbocycles. The van der Waals surface area contributed by atoms with Gasteiger partial charge in [0.1, 0.15) is 0 Å². The van der Waals surface area contributed by atoms with E-state index in [1.807, 2.05) is 6.26 Å². The first kappa shape index (κ1) is 19.8. The first-order valence-corrected chi connectivity index (χ1v) is 9.18. The Bertz CT molecular complexity index is 870. The summed E-state index contributed by atoms with van der Waals surface area (Å²) in [5, 5.41) is 15.1. The number of rotatable bonds is 7. The van der Waals surface area contributed by atoms with E-state index >= 15 is 0 Å². The lowest BCUT2D eigenvalue weighted by Crippen LogP contribution is -2.23. The van der Waals surface area contributed by atoms with Crippen LogP contribution in [-0.2, 0) is 4.79 Å². The summed E-state index contributed by atoms with van der Waals surface area (Å²) >= 11 is 7.55. The molecule has 2 aromatic rings. The smallest absolute Gasteiger partial charge is 0.337 e. The predicted molar refractivity (Wildman–Crippen MR) is 104 cm³/mol. The number of anilines is 2. The van der Waals surface area contributed by atoms with E-state index in [0.29, 0.717) is 16.3 Å². The summed E-state index contributed by atoms with van der Waals surface area (Å²) < 4.78 is 0. The molecule has 3 N–H and O–H groups in total. The fourth-order valence-corrected chi connectivity index (χ4v) is 3.18. The monoisotopic (exact) mass is 392 g/mol. The Balaban J connectivity index is 2.15. The lowest BCUT2D eigenvalue weighted by molar-refractivity contribution is -0.114. The molecular weight excluding hydrogens is 376 g/mol. The van der Waals surface area contributed by atoms with Crippen LogP contribution in [0, 0.1) is 0 Å². The molecule has 26 heavy (non-hydrogen) atoms. The molecule has 0 unspecified atom stereocenters. The number of amides is 1. The van der Waals surface area contributed by atoms with Gasteiger partial charge >= 0.3 is 5.97 Å². The van der Waals surface area contributed by atoms with Gasteiger partial charge in [-0.2, -0.15) is 0 Å². The summed E-state index contributed by atoms with van der Waals surface area (Å²) in [6, 6.07) is 9.40. The third-order valence-corrected chi connectivity index (χ3v) is 4.74. The maximum Gasteiger partial charge on any atom is 0.337 e. The Kier molecular flexibility index (Phi) is 6.65. The fourth-order valence-electron chi connectivity index (χ4n) is 2.30. The molecule has 2 aromatic carbocycles. The molecule has 0 saturated heterocycles. The standard InChI is InChI=1S/C18H17ClN2O4S/c1-10(22)12-7-13(19)16(26-2)8-15(12)20-9-17(23)21-14-6-4-3-5-11(14)18(24)25/h3-8,20H,9H2,1-2H3,(H,21,23)(H,24,25). The van der Waals surface area contributed by atoms with Crippen LogP contribution in [0.2, 0.25) is 5.02 Å². The van der Waals surface area contributed by atoms with Crippen molar-refractivity contribution in [2.45, 2.75) is 11.8 Å². The highest BCUT2D eigenvalue weighted by molar-refractivity contribution is 7.98. The molecule has 0 fully saturated rings. The van der Waals surface area contributed by atoms with Crippen molar-refractivity contribution in [2.75, 3.05) is 23.4 Å². The van der Waals surface area contributed by atoms with Crippen molar-refractivity contribution in [1.29, 1.82) is 0 Å². The third-order valence-electron chi connectivity index (χ3n) is 3.54. The SMILES string of the molecule is CSc1cc(NCC(=O)Nc2ccccc2C(=O)O)c(C(C)=O)cc1Cl. The number of carbonyl (C=O) groups is 3. The lowest BCUT2D eigenvalue weighted by atomic mass is 10.1. The van der Waals surface area contributed by atoms with Crippen LogP contribution in [0.5, 0.6) is 0 Å². The summed E-state index contributed by atoms with van der Waals surface area (Å²) in [6.45, 7) is 1.28. The summed E-state index contributed by atoms with van der Waals surface area (Å²) in [6.07, 6.45) is 1.86. The number of carboxylic acids is 1. The lowest BCUT2D eigenvalue weighted by Gasteiger charge is -2.14. The fraction of sp³-hybridized carbons (Fsp3) is 0.167. The Hall–Kier alpha value is -2.51. The van der Waals surface area contributed by atoms with Crippen LogP contribution in [0.1, 0.15) is 27.6 Å². The molecule has 0 aliphatic heterocycles. The van der Waals surface area contributed by atoms with E-state index in [0.717, 1.165) is 4.90 Å². The van der Waals surface area contributed by atoms with Gasteiger partial charge in [-0.1, -0.05) is 23.7 Å². The van der Waals surface area contributed by atoms with Crippen LogP contribution in [-0.4, -0.2) is 35.6 Å². The van der Waals surface area contributed by atoms with Crippen molar-refractivity contribution in [3.8, 4) is 0 Å². The summed E-state index contributed by atoms with van der Waals surface area (Å²) in [5.74, 6) is -1.75. The quantitative estimate of drug-likeness (QED) is 0.486. The minimum atomic E-state index is -1.13. The number of nitrogens with one attached hydrogen (secondary N) is 2.